The van der Waals surface area contributed by atoms with Gasteiger partial charge in [-0.1, -0.05) is 34.1 Å². The molecular weight excluding hydrogens is 240 g/mol. The van der Waals surface area contributed by atoms with Gasteiger partial charge in [0.05, 0.1) is 5.25 Å². The molecule has 4 heteroatoms. The first-order chi connectivity index (χ1) is 5.63. The van der Waals surface area contributed by atoms with Gasteiger partial charge in [0.15, 0.2) is 11.1 Å². The van der Waals surface area contributed by atoms with Crippen LogP contribution in [0.1, 0.15) is 17.7 Å². The van der Waals surface area contributed by atoms with Crippen LogP contribution in [0.4, 0.5) is 0 Å². The molecule has 12 heavy (non-hydrogen) atoms. The molecular formula is C8H9BrO2S. The highest BCUT2D eigenvalue weighted by molar-refractivity contribution is 9.10. The van der Waals surface area contributed by atoms with Crippen molar-refractivity contribution >= 4 is 27.0 Å². The van der Waals surface area contributed by atoms with Gasteiger partial charge in [0, 0.05) is 4.47 Å². The van der Waals surface area contributed by atoms with Crippen LogP contribution in [0, 0.1) is 0 Å². The number of hydrogen-bond acceptors (Lipinski definition) is 1. The van der Waals surface area contributed by atoms with E-state index in [0.717, 1.165) is 10.0 Å². The molecule has 0 saturated heterocycles. The first kappa shape index (κ1) is 9.89. The topological polar surface area (TPSA) is 37.3 Å². The number of rotatable bonds is 2. The summed E-state index contributed by atoms with van der Waals surface area (Å²) in [6.07, 6.45) is 0. The van der Waals surface area contributed by atoms with Crippen LogP contribution >= 0.6 is 15.9 Å². The minimum absolute atomic E-state index is 0.347. The minimum atomic E-state index is -1.80. The maximum Gasteiger partial charge on any atom is 0.160 e. The van der Waals surface area contributed by atoms with Crippen LogP contribution < -0.4 is 0 Å². The van der Waals surface area contributed by atoms with Crippen molar-refractivity contribution < 1.29 is 8.76 Å². The quantitative estimate of drug-likeness (QED) is 0.818. The van der Waals surface area contributed by atoms with Crippen molar-refractivity contribution in [1.82, 2.24) is 0 Å². The molecule has 2 unspecified atom stereocenters. The fourth-order valence-corrected chi connectivity index (χ4v) is 2.12. The molecule has 66 valence electrons. The summed E-state index contributed by atoms with van der Waals surface area (Å²) >= 11 is 1.52. The highest BCUT2D eigenvalue weighted by Crippen LogP contribution is 2.25. The molecule has 0 spiro atoms. The van der Waals surface area contributed by atoms with E-state index in [-0.39, 0.29) is 5.25 Å². The molecule has 0 aliphatic heterocycles. The van der Waals surface area contributed by atoms with Crippen molar-refractivity contribution in [2.75, 3.05) is 0 Å². The van der Waals surface area contributed by atoms with Gasteiger partial charge < -0.3 is 4.55 Å². The van der Waals surface area contributed by atoms with E-state index in [1.54, 1.807) is 6.92 Å². The summed E-state index contributed by atoms with van der Waals surface area (Å²) in [6, 6.07) is 7.42. The van der Waals surface area contributed by atoms with E-state index in [9.17, 15) is 4.21 Å². The Morgan fingerprint density at radius 1 is 1.50 bits per heavy atom. The highest BCUT2D eigenvalue weighted by Gasteiger charge is 2.13. The Morgan fingerprint density at radius 2 is 2.08 bits per heavy atom. The Kier molecular flexibility index (Phi) is 3.43. The molecule has 0 fully saturated rings. The van der Waals surface area contributed by atoms with Gasteiger partial charge >= 0.3 is 0 Å². The van der Waals surface area contributed by atoms with Crippen molar-refractivity contribution in [3.8, 4) is 0 Å². The number of benzene rings is 1. The highest BCUT2D eigenvalue weighted by atomic mass is 79.9. The lowest BCUT2D eigenvalue weighted by Gasteiger charge is -2.08. The predicted molar refractivity (Wildman–Crippen MR) is 53.3 cm³/mol. The average molecular weight is 249 g/mol. The predicted octanol–water partition coefficient (Wildman–Crippen LogP) is 2.73. The molecule has 1 rings (SSSR count). The maximum absolute atomic E-state index is 10.7. The first-order valence-electron chi connectivity index (χ1n) is 3.47. The number of hydrogen-bond donors (Lipinski definition) is 1. The Morgan fingerprint density at radius 3 is 2.58 bits per heavy atom. The third-order valence-electron chi connectivity index (χ3n) is 1.65. The second kappa shape index (κ2) is 4.16. The molecule has 1 aromatic carbocycles. The lowest BCUT2D eigenvalue weighted by molar-refractivity contribution is 0.553. The molecule has 0 aliphatic rings. The summed E-state index contributed by atoms with van der Waals surface area (Å²) < 4.78 is 20.5. The molecule has 2 nitrogen and oxygen atoms in total. The van der Waals surface area contributed by atoms with Crippen LogP contribution in [0.15, 0.2) is 28.7 Å². The summed E-state index contributed by atoms with van der Waals surface area (Å²) in [4.78, 5) is 0. The molecule has 0 radical (unpaired) electrons. The summed E-state index contributed by atoms with van der Waals surface area (Å²) in [6.45, 7) is 1.72. The molecule has 0 bridgehead atoms. The second-order valence-corrected chi connectivity index (χ2v) is 4.55. The first-order valence-corrected chi connectivity index (χ1v) is 5.43. The second-order valence-electron chi connectivity index (χ2n) is 2.44. The average Bonchev–Trinajstić information content (AvgIpc) is 2.04. The van der Waals surface area contributed by atoms with Crippen molar-refractivity contribution in [3.63, 3.8) is 0 Å². The van der Waals surface area contributed by atoms with Crippen LogP contribution in [0.3, 0.4) is 0 Å². The zero-order valence-electron chi connectivity index (χ0n) is 6.53. The van der Waals surface area contributed by atoms with Gasteiger partial charge in [0.1, 0.15) is 0 Å². The zero-order valence-corrected chi connectivity index (χ0v) is 8.93. The molecule has 0 aliphatic carbocycles. The van der Waals surface area contributed by atoms with Gasteiger partial charge in [0.2, 0.25) is 0 Å². The van der Waals surface area contributed by atoms with Gasteiger partial charge in [-0.3, -0.25) is 0 Å². The SMILES string of the molecule is CC(c1ccccc1Br)S(=O)O. The largest absolute Gasteiger partial charge is 0.306 e. The fourth-order valence-electron chi connectivity index (χ4n) is 0.913. The molecule has 0 aromatic heterocycles. The summed E-state index contributed by atoms with van der Waals surface area (Å²) in [5.41, 5.74) is 0.860. The third kappa shape index (κ3) is 2.15. The molecule has 1 N–H and O–H groups in total. The van der Waals surface area contributed by atoms with Crippen molar-refractivity contribution in [1.29, 1.82) is 0 Å². The van der Waals surface area contributed by atoms with E-state index in [4.69, 9.17) is 4.55 Å². The Hall–Kier alpha value is -0.190. The molecule has 1 aromatic rings. The van der Waals surface area contributed by atoms with Gasteiger partial charge in [-0.15, -0.1) is 0 Å². The van der Waals surface area contributed by atoms with E-state index in [2.05, 4.69) is 15.9 Å². The van der Waals surface area contributed by atoms with Gasteiger partial charge in [-0.25, -0.2) is 4.21 Å². The molecule has 2 atom stereocenters. The Balaban J connectivity index is 3.02. The lowest BCUT2D eigenvalue weighted by atomic mass is 10.2. The molecule has 0 heterocycles. The van der Waals surface area contributed by atoms with E-state index >= 15 is 0 Å². The van der Waals surface area contributed by atoms with Crippen LogP contribution in [0.5, 0.6) is 0 Å². The van der Waals surface area contributed by atoms with E-state index < -0.39 is 11.1 Å². The van der Waals surface area contributed by atoms with Crippen molar-refractivity contribution in [3.05, 3.63) is 34.3 Å². The van der Waals surface area contributed by atoms with Gasteiger partial charge in [-0.2, -0.15) is 0 Å². The zero-order chi connectivity index (χ0) is 9.14. The summed E-state index contributed by atoms with van der Waals surface area (Å²) in [5.74, 6) is 0. The third-order valence-corrected chi connectivity index (χ3v) is 3.23. The monoisotopic (exact) mass is 248 g/mol. The van der Waals surface area contributed by atoms with Gasteiger partial charge in [0.25, 0.3) is 0 Å². The normalized spacial score (nSPS) is 15.6. The van der Waals surface area contributed by atoms with Gasteiger partial charge in [-0.05, 0) is 18.6 Å². The molecule has 0 saturated carbocycles. The maximum atomic E-state index is 10.7. The molecule has 0 amide bonds. The van der Waals surface area contributed by atoms with Crippen LogP contribution in [0.25, 0.3) is 0 Å². The van der Waals surface area contributed by atoms with Crippen LogP contribution in [-0.4, -0.2) is 8.76 Å². The smallest absolute Gasteiger partial charge is 0.160 e. The Bertz CT molecular complexity index is 301. The van der Waals surface area contributed by atoms with E-state index in [1.807, 2.05) is 24.3 Å². The van der Waals surface area contributed by atoms with Crippen molar-refractivity contribution in [2.45, 2.75) is 12.2 Å². The fraction of sp³-hybridized carbons (Fsp3) is 0.250. The van der Waals surface area contributed by atoms with Crippen LogP contribution in [-0.2, 0) is 11.1 Å². The Labute approximate surface area is 82.4 Å². The van der Waals surface area contributed by atoms with Crippen LogP contribution in [0.2, 0.25) is 0 Å². The summed E-state index contributed by atoms with van der Waals surface area (Å²) in [7, 11) is 0. The summed E-state index contributed by atoms with van der Waals surface area (Å²) in [5, 5.41) is -0.347. The van der Waals surface area contributed by atoms with Crippen molar-refractivity contribution in [2.24, 2.45) is 0 Å². The lowest BCUT2D eigenvalue weighted by Crippen LogP contribution is -2.01. The van der Waals surface area contributed by atoms with E-state index in [0.29, 0.717) is 0 Å². The van der Waals surface area contributed by atoms with E-state index in [1.165, 1.54) is 0 Å². The minimum Gasteiger partial charge on any atom is -0.306 e. The standard InChI is InChI=1S/C8H9BrO2S/c1-6(12(10)11)7-4-2-3-5-8(7)9/h2-6H,1H3,(H,10,11). The number of halogens is 1.